The van der Waals surface area contributed by atoms with Crippen molar-refractivity contribution >= 4 is 5.91 Å². The lowest BCUT2D eigenvalue weighted by atomic mass is 10.1. The zero-order chi connectivity index (χ0) is 18.0. The van der Waals surface area contributed by atoms with Crippen molar-refractivity contribution in [2.24, 2.45) is 0 Å². The summed E-state index contributed by atoms with van der Waals surface area (Å²) in [6.07, 6.45) is -3.41. The molecule has 1 N–H and O–H groups in total. The summed E-state index contributed by atoms with van der Waals surface area (Å²) in [6, 6.07) is 5.82. The Morgan fingerprint density at radius 1 is 1.28 bits per heavy atom. The fraction of sp³-hybridized carbons (Fsp3) is 0.375. The first-order valence-corrected chi connectivity index (χ1v) is 7.62. The maximum Gasteiger partial charge on any atom is 0.435 e. The van der Waals surface area contributed by atoms with E-state index < -0.39 is 17.8 Å². The number of carbonyl (C=O) groups excluding carboxylic acids is 1. The molecule has 0 radical (unpaired) electrons. The third-order valence-corrected chi connectivity index (χ3v) is 3.68. The van der Waals surface area contributed by atoms with Gasteiger partial charge in [0.15, 0.2) is 17.2 Å². The summed E-state index contributed by atoms with van der Waals surface area (Å²) >= 11 is 0. The van der Waals surface area contributed by atoms with Crippen molar-refractivity contribution in [1.29, 1.82) is 0 Å². The van der Waals surface area contributed by atoms with Gasteiger partial charge in [-0.25, -0.2) is 0 Å². The molecule has 0 unspecified atom stereocenters. The molecule has 1 aliphatic heterocycles. The van der Waals surface area contributed by atoms with Gasteiger partial charge in [-0.2, -0.15) is 18.3 Å². The third-order valence-electron chi connectivity index (χ3n) is 3.68. The maximum absolute atomic E-state index is 12.5. The highest BCUT2D eigenvalue weighted by molar-refractivity contribution is 5.76. The molecule has 1 atom stereocenters. The van der Waals surface area contributed by atoms with Crippen molar-refractivity contribution in [3.63, 3.8) is 0 Å². The molecule has 6 nitrogen and oxygen atoms in total. The predicted octanol–water partition coefficient (Wildman–Crippen LogP) is 2.55. The van der Waals surface area contributed by atoms with Crippen LogP contribution >= 0.6 is 0 Å². The Hall–Kier alpha value is -2.71. The molecule has 2 heterocycles. The summed E-state index contributed by atoms with van der Waals surface area (Å²) in [7, 11) is 0. The van der Waals surface area contributed by atoms with Gasteiger partial charge in [-0.05, 0) is 30.7 Å². The molecule has 0 spiro atoms. The van der Waals surface area contributed by atoms with Gasteiger partial charge < -0.3 is 14.8 Å². The van der Waals surface area contributed by atoms with E-state index >= 15 is 0 Å². The smallest absolute Gasteiger partial charge is 0.435 e. The SMILES string of the molecule is C[C@H](NC(=O)Cn1ccc(C(F)(F)F)n1)c1ccc2c(c1)OCCO2. The van der Waals surface area contributed by atoms with Crippen LogP contribution in [0.25, 0.3) is 0 Å². The number of aromatic nitrogens is 2. The molecule has 2 aromatic rings. The Morgan fingerprint density at radius 2 is 2.00 bits per heavy atom. The zero-order valence-corrected chi connectivity index (χ0v) is 13.3. The van der Waals surface area contributed by atoms with Gasteiger partial charge in [-0.15, -0.1) is 0 Å². The summed E-state index contributed by atoms with van der Waals surface area (Å²) in [5.74, 6) is 0.802. The first-order chi connectivity index (χ1) is 11.8. The monoisotopic (exact) mass is 355 g/mol. The van der Waals surface area contributed by atoms with Crippen LogP contribution in [0, 0.1) is 0 Å². The van der Waals surface area contributed by atoms with Crippen molar-refractivity contribution in [2.75, 3.05) is 13.2 Å². The lowest BCUT2D eigenvalue weighted by Gasteiger charge is -2.21. The zero-order valence-electron chi connectivity index (χ0n) is 13.3. The Balaban J connectivity index is 1.61. The number of alkyl halides is 3. The molecule has 0 saturated heterocycles. The van der Waals surface area contributed by atoms with Crippen molar-refractivity contribution < 1.29 is 27.4 Å². The molecule has 3 rings (SSSR count). The molecule has 0 saturated carbocycles. The van der Waals surface area contributed by atoms with E-state index in [2.05, 4.69) is 10.4 Å². The summed E-state index contributed by atoms with van der Waals surface area (Å²) in [5.41, 5.74) is -0.228. The number of halogens is 3. The maximum atomic E-state index is 12.5. The minimum Gasteiger partial charge on any atom is -0.486 e. The summed E-state index contributed by atoms with van der Waals surface area (Å²) in [5, 5.41) is 6.08. The van der Waals surface area contributed by atoms with Gasteiger partial charge in [-0.3, -0.25) is 9.48 Å². The topological polar surface area (TPSA) is 65.4 Å². The van der Waals surface area contributed by atoms with Crippen molar-refractivity contribution in [3.05, 3.63) is 41.7 Å². The van der Waals surface area contributed by atoms with Crippen molar-refractivity contribution in [2.45, 2.75) is 25.7 Å². The first-order valence-electron chi connectivity index (χ1n) is 7.62. The molecule has 1 aromatic heterocycles. The van der Waals surface area contributed by atoms with Crippen molar-refractivity contribution in [1.82, 2.24) is 15.1 Å². The van der Waals surface area contributed by atoms with E-state index in [-0.39, 0.29) is 12.6 Å². The van der Waals surface area contributed by atoms with E-state index in [0.717, 1.165) is 22.5 Å². The molecular formula is C16H16F3N3O3. The highest BCUT2D eigenvalue weighted by Gasteiger charge is 2.33. The number of nitrogens with zero attached hydrogens (tertiary/aromatic N) is 2. The van der Waals surface area contributed by atoms with Crippen LogP contribution in [0.5, 0.6) is 11.5 Å². The Morgan fingerprint density at radius 3 is 2.68 bits per heavy atom. The Kier molecular flexibility index (Phi) is 4.56. The summed E-state index contributed by atoms with van der Waals surface area (Å²) in [4.78, 5) is 12.0. The van der Waals surface area contributed by atoms with Gasteiger partial charge in [0, 0.05) is 6.20 Å². The van der Waals surface area contributed by atoms with E-state index in [9.17, 15) is 18.0 Å². The summed E-state index contributed by atoms with van der Waals surface area (Å²) in [6.45, 7) is 2.42. The Bertz CT molecular complexity index is 773. The van der Waals surface area contributed by atoms with Crippen LogP contribution in [0.15, 0.2) is 30.5 Å². The largest absolute Gasteiger partial charge is 0.486 e. The highest BCUT2D eigenvalue weighted by atomic mass is 19.4. The average molecular weight is 355 g/mol. The number of nitrogens with one attached hydrogen (secondary N) is 1. The van der Waals surface area contributed by atoms with Crippen LogP contribution in [-0.2, 0) is 17.5 Å². The molecule has 1 aromatic carbocycles. The second-order valence-corrected chi connectivity index (χ2v) is 5.59. The summed E-state index contributed by atoms with van der Waals surface area (Å²) < 4.78 is 49.4. The molecule has 0 bridgehead atoms. The average Bonchev–Trinajstić information content (AvgIpc) is 3.03. The molecule has 1 amide bonds. The second kappa shape index (κ2) is 6.66. The van der Waals surface area contributed by atoms with Crippen LogP contribution < -0.4 is 14.8 Å². The van der Waals surface area contributed by atoms with E-state index in [4.69, 9.17) is 9.47 Å². The number of rotatable bonds is 4. The fourth-order valence-corrected chi connectivity index (χ4v) is 2.45. The minimum absolute atomic E-state index is 0.301. The standard InChI is InChI=1S/C16H16F3N3O3/c1-10(11-2-3-12-13(8-11)25-7-6-24-12)20-15(23)9-22-5-4-14(21-22)16(17,18)19/h2-5,8,10H,6-7,9H2,1H3,(H,20,23)/t10-/m0/s1. The number of benzene rings is 1. The molecule has 1 aliphatic rings. The van der Waals surface area contributed by atoms with Crippen LogP contribution in [0.3, 0.4) is 0 Å². The molecule has 0 fully saturated rings. The normalized spacial score (nSPS) is 14.9. The highest BCUT2D eigenvalue weighted by Crippen LogP contribution is 2.32. The number of hydrogen-bond acceptors (Lipinski definition) is 4. The van der Waals surface area contributed by atoms with Gasteiger partial charge >= 0.3 is 6.18 Å². The predicted molar refractivity (Wildman–Crippen MR) is 81.2 cm³/mol. The number of carbonyl (C=O) groups is 1. The fourth-order valence-electron chi connectivity index (χ4n) is 2.45. The third kappa shape index (κ3) is 4.04. The Labute approximate surface area is 141 Å². The quantitative estimate of drug-likeness (QED) is 0.915. The lowest BCUT2D eigenvalue weighted by molar-refractivity contribution is -0.141. The molecule has 25 heavy (non-hydrogen) atoms. The van der Waals surface area contributed by atoms with Crippen LogP contribution in [0.4, 0.5) is 13.2 Å². The minimum atomic E-state index is -4.53. The van der Waals surface area contributed by atoms with E-state index in [1.165, 1.54) is 0 Å². The molecule has 134 valence electrons. The van der Waals surface area contributed by atoms with Gasteiger partial charge in [0.1, 0.15) is 19.8 Å². The molecule has 9 heteroatoms. The van der Waals surface area contributed by atoms with Crippen LogP contribution in [-0.4, -0.2) is 28.9 Å². The number of amides is 1. The van der Waals surface area contributed by atoms with Gasteiger partial charge in [0.25, 0.3) is 0 Å². The van der Waals surface area contributed by atoms with E-state index in [1.807, 2.05) is 0 Å². The van der Waals surface area contributed by atoms with Crippen LogP contribution in [0.1, 0.15) is 24.2 Å². The number of fused-ring (bicyclic) bond motifs is 1. The first kappa shape index (κ1) is 17.1. The molecular weight excluding hydrogens is 339 g/mol. The van der Waals surface area contributed by atoms with E-state index in [1.54, 1.807) is 25.1 Å². The van der Waals surface area contributed by atoms with Crippen LogP contribution in [0.2, 0.25) is 0 Å². The van der Waals surface area contributed by atoms with E-state index in [0.29, 0.717) is 24.7 Å². The van der Waals surface area contributed by atoms with Crippen molar-refractivity contribution in [3.8, 4) is 11.5 Å². The van der Waals surface area contributed by atoms with Gasteiger partial charge in [0.2, 0.25) is 5.91 Å². The second-order valence-electron chi connectivity index (χ2n) is 5.59. The number of ether oxygens (including phenoxy) is 2. The van der Waals surface area contributed by atoms with Gasteiger partial charge in [0.05, 0.1) is 6.04 Å². The number of hydrogen-bond donors (Lipinski definition) is 1. The van der Waals surface area contributed by atoms with Gasteiger partial charge in [-0.1, -0.05) is 6.07 Å². The molecule has 0 aliphatic carbocycles. The lowest BCUT2D eigenvalue weighted by Crippen LogP contribution is -2.30.